The monoisotopic (exact) mass is 142 g/mol. The van der Waals surface area contributed by atoms with E-state index in [2.05, 4.69) is 6.92 Å². The van der Waals surface area contributed by atoms with Crippen LogP contribution in [0.15, 0.2) is 0 Å². The van der Waals surface area contributed by atoms with Gasteiger partial charge in [0.1, 0.15) is 0 Å². The normalized spacial score (nSPS) is 22.1. The van der Waals surface area contributed by atoms with Gasteiger partial charge in [-0.2, -0.15) is 0 Å². The molecule has 0 N–H and O–H groups in total. The van der Waals surface area contributed by atoms with E-state index >= 15 is 0 Å². The highest BCUT2D eigenvalue weighted by Gasteiger charge is 2.23. The molecular formula is C7H14N2O. The Hall–Kier alpha value is -0.730. The van der Waals surface area contributed by atoms with Gasteiger partial charge in [-0.05, 0) is 5.92 Å². The first-order valence-corrected chi connectivity index (χ1v) is 3.57. The summed E-state index contributed by atoms with van der Waals surface area (Å²) in [6.45, 7) is 3.94. The summed E-state index contributed by atoms with van der Waals surface area (Å²) in [4.78, 5) is 14.6. The molecule has 1 saturated heterocycles. The maximum atomic E-state index is 11.1. The van der Waals surface area contributed by atoms with Gasteiger partial charge in [-0.3, -0.25) is 0 Å². The van der Waals surface area contributed by atoms with Gasteiger partial charge in [-0.25, -0.2) is 4.79 Å². The predicted molar refractivity (Wildman–Crippen MR) is 39.8 cm³/mol. The lowest BCUT2D eigenvalue weighted by atomic mass is 10.1. The van der Waals surface area contributed by atoms with Crippen molar-refractivity contribution in [2.24, 2.45) is 5.92 Å². The molecule has 0 aromatic carbocycles. The van der Waals surface area contributed by atoms with E-state index in [0.29, 0.717) is 5.92 Å². The van der Waals surface area contributed by atoms with Crippen LogP contribution in [0.3, 0.4) is 0 Å². The minimum Gasteiger partial charge on any atom is -0.327 e. The number of nitrogens with zero attached hydrogens (tertiary/aromatic N) is 2. The zero-order valence-corrected chi connectivity index (χ0v) is 6.79. The topological polar surface area (TPSA) is 23.6 Å². The zero-order chi connectivity index (χ0) is 7.72. The van der Waals surface area contributed by atoms with Crippen LogP contribution in [0, 0.1) is 5.92 Å². The van der Waals surface area contributed by atoms with Gasteiger partial charge in [0.25, 0.3) is 0 Å². The highest BCUT2D eigenvalue weighted by Crippen LogP contribution is 2.09. The van der Waals surface area contributed by atoms with Crippen LogP contribution in [0.5, 0.6) is 0 Å². The van der Waals surface area contributed by atoms with Crippen molar-refractivity contribution in [3.8, 4) is 0 Å². The van der Waals surface area contributed by atoms with E-state index in [0.717, 1.165) is 13.1 Å². The number of urea groups is 1. The molecule has 0 unspecified atom stereocenters. The SMILES string of the molecule is CC1CN(C)C(=O)N(C)C1. The Morgan fingerprint density at radius 2 is 1.70 bits per heavy atom. The molecule has 1 rings (SSSR count). The van der Waals surface area contributed by atoms with Gasteiger partial charge >= 0.3 is 6.03 Å². The van der Waals surface area contributed by atoms with Crippen molar-refractivity contribution in [2.75, 3.05) is 27.2 Å². The van der Waals surface area contributed by atoms with Crippen molar-refractivity contribution in [1.29, 1.82) is 0 Å². The second-order valence-corrected chi connectivity index (χ2v) is 3.15. The molecule has 1 fully saturated rings. The molecule has 2 amide bonds. The number of amides is 2. The molecule has 0 atom stereocenters. The molecule has 0 radical (unpaired) electrons. The summed E-state index contributed by atoms with van der Waals surface area (Å²) in [7, 11) is 3.68. The molecule has 1 aliphatic rings. The Balaban J connectivity index is 2.57. The Labute approximate surface area is 61.6 Å². The van der Waals surface area contributed by atoms with E-state index in [1.54, 1.807) is 9.80 Å². The molecule has 3 heteroatoms. The van der Waals surface area contributed by atoms with E-state index in [-0.39, 0.29) is 6.03 Å². The van der Waals surface area contributed by atoms with Crippen LogP contribution in [0.25, 0.3) is 0 Å². The van der Waals surface area contributed by atoms with Crippen LogP contribution in [-0.4, -0.2) is 43.0 Å². The van der Waals surface area contributed by atoms with Crippen LogP contribution >= 0.6 is 0 Å². The fraction of sp³-hybridized carbons (Fsp3) is 0.857. The van der Waals surface area contributed by atoms with Crippen molar-refractivity contribution >= 4 is 6.03 Å². The molecule has 0 bridgehead atoms. The van der Waals surface area contributed by atoms with Crippen LogP contribution < -0.4 is 0 Å². The van der Waals surface area contributed by atoms with Crippen molar-refractivity contribution in [3.63, 3.8) is 0 Å². The van der Waals surface area contributed by atoms with Gasteiger partial charge < -0.3 is 9.80 Å². The standard InChI is InChI=1S/C7H14N2O/c1-6-4-8(2)7(10)9(3)5-6/h6H,4-5H2,1-3H3. The fourth-order valence-corrected chi connectivity index (χ4v) is 1.44. The molecule has 10 heavy (non-hydrogen) atoms. The van der Waals surface area contributed by atoms with Crippen LogP contribution in [0.4, 0.5) is 4.79 Å². The second-order valence-electron chi connectivity index (χ2n) is 3.15. The Bertz CT molecular complexity index is 133. The van der Waals surface area contributed by atoms with Crippen LogP contribution in [0.2, 0.25) is 0 Å². The molecule has 1 heterocycles. The van der Waals surface area contributed by atoms with Crippen LogP contribution in [-0.2, 0) is 0 Å². The summed E-state index contributed by atoms with van der Waals surface area (Å²) in [5.74, 6) is 0.604. The third-order valence-electron chi connectivity index (χ3n) is 1.82. The van der Waals surface area contributed by atoms with E-state index in [4.69, 9.17) is 0 Å². The zero-order valence-electron chi connectivity index (χ0n) is 6.79. The molecule has 0 aromatic heterocycles. The molecule has 0 aromatic rings. The average molecular weight is 142 g/mol. The average Bonchev–Trinajstić information content (AvgIpc) is 1.82. The van der Waals surface area contributed by atoms with Gasteiger partial charge in [0.15, 0.2) is 0 Å². The number of hydrogen-bond acceptors (Lipinski definition) is 1. The highest BCUT2D eigenvalue weighted by atomic mass is 16.2. The predicted octanol–water partition coefficient (Wildman–Crippen LogP) is 0.620. The summed E-state index contributed by atoms with van der Waals surface area (Å²) in [5, 5.41) is 0. The quantitative estimate of drug-likeness (QED) is 0.486. The smallest absolute Gasteiger partial charge is 0.319 e. The molecule has 0 spiro atoms. The van der Waals surface area contributed by atoms with Gasteiger partial charge in [-0.15, -0.1) is 0 Å². The number of rotatable bonds is 0. The van der Waals surface area contributed by atoms with Crippen molar-refractivity contribution < 1.29 is 4.79 Å². The first kappa shape index (κ1) is 7.38. The maximum Gasteiger partial charge on any atom is 0.319 e. The third kappa shape index (κ3) is 1.23. The largest absolute Gasteiger partial charge is 0.327 e. The third-order valence-corrected chi connectivity index (χ3v) is 1.82. The molecule has 1 aliphatic heterocycles. The molecule has 0 aliphatic carbocycles. The lowest BCUT2D eigenvalue weighted by Gasteiger charge is -2.34. The number of hydrogen-bond donors (Lipinski definition) is 0. The van der Waals surface area contributed by atoms with E-state index in [9.17, 15) is 4.79 Å². The van der Waals surface area contributed by atoms with Gasteiger partial charge in [0, 0.05) is 27.2 Å². The van der Waals surface area contributed by atoms with E-state index in [1.165, 1.54) is 0 Å². The summed E-state index contributed by atoms with van der Waals surface area (Å²) in [6, 6.07) is 0.137. The maximum absolute atomic E-state index is 11.1. The fourth-order valence-electron chi connectivity index (χ4n) is 1.44. The Morgan fingerprint density at radius 3 is 2.10 bits per heavy atom. The van der Waals surface area contributed by atoms with Crippen molar-refractivity contribution in [2.45, 2.75) is 6.92 Å². The lowest BCUT2D eigenvalue weighted by Crippen LogP contribution is -2.49. The summed E-state index contributed by atoms with van der Waals surface area (Å²) in [6.07, 6.45) is 0. The van der Waals surface area contributed by atoms with Gasteiger partial charge in [0.05, 0.1) is 0 Å². The van der Waals surface area contributed by atoms with Gasteiger partial charge in [-0.1, -0.05) is 6.92 Å². The second kappa shape index (κ2) is 2.48. The molecule has 0 saturated carbocycles. The van der Waals surface area contributed by atoms with Crippen molar-refractivity contribution in [1.82, 2.24) is 9.80 Å². The minimum atomic E-state index is 0.137. The van der Waals surface area contributed by atoms with E-state index < -0.39 is 0 Å². The molecule has 3 nitrogen and oxygen atoms in total. The first-order chi connectivity index (χ1) is 4.61. The Kier molecular flexibility index (Phi) is 1.83. The lowest BCUT2D eigenvalue weighted by molar-refractivity contribution is 0.133. The summed E-state index contributed by atoms with van der Waals surface area (Å²) < 4.78 is 0. The number of carbonyl (C=O) groups excluding carboxylic acids is 1. The minimum absolute atomic E-state index is 0.137. The highest BCUT2D eigenvalue weighted by molar-refractivity contribution is 5.74. The van der Waals surface area contributed by atoms with Crippen LogP contribution in [0.1, 0.15) is 6.92 Å². The molecular weight excluding hydrogens is 128 g/mol. The summed E-state index contributed by atoms with van der Waals surface area (Å²) >= 11 is 0. The van der Waals surface area contributed by atoms with Crippen molar-refractivity contribution in [3.05, 3.63) is 0 Å². The number of carbonyl (C=O) groups is 1. The van der Waals surface area contributed by atoms with E-state index in [1.807, 2.05) is 14.1 Å². The first-order valence-electron chi connectivity index (χ1n) is 3.57. The molecule has 58 valence electrons. The van der Waals surface area contributed by atoms with Gasteiger partial charge in [0.2, 0.25) is 0 Å². The Morgan fingerprint density at radius 1 is 1.30 bits per heavy atom. The summed E-state index contributed by atoms with van der Waals surface area (Å²) in [5.41, 5.74) is 0.